The second-order valence-electron chi connectivity index (χ2n) is 7.40. The van der Waals surface area contributed by atoms with Crippen LogP contribution in [-0.2, 0) is 0 Å². The molecule has 0 unspecified atom stereocenters. The van der Waals surface area contributed by atoms with E-state index in [2.05, 4.69) is 11.1 Å². The molecule has 7 nitrogen and oxygen atoms in total. The number of piperazine rings is 1. The van der Waals surface area contributed by atoms with Crippen LogP contribution < -0.4 is 4.90 Å². The fourth-order valence-electron chi connectivity index (χ4n) is 3.95. The van der Waals surface area contributed by atoms with Crippen LogP contribution in [0.15, 0.2) is 36.4 Å². The second kappa shape index (κ2) is 7.40. The largest absolute Gasteiger partial charge is 0.362 e. The van der Waals surface area contributed by atoms with Crippen LogP contribution >= 0.6 is 11.6 Å². The van der Waals surface area contributed by atoms with E-state index in [1.54, 1.807) is 17.0 Å². The molecular formula is C21H21ClN4O3. The van der Waals surface area contributed by atoms with Crippen molar-refractivity contribution in [3.63, 3.8) is 0 Å². The monoisotopic (exact) mass is 412 g/mol. The van der Waals surface area contributed by atoms with Crippen molar-refractivity contribution in [1.82, 2.24) is 9.88 Å². The average molecular weight is 413 g/mol. The normalized spacial score (nSPS) is 14.4. The Morgan fingerprint density at radius 3 is 2.52 bits per heavy atom. The van der Waals surface area contributed by atoms with Gasteiger partial charge in [-0.3, -0.25) is 14.9 Å². The number of aryl methyl sites for hydroxylation is 2. The number of rotatable bonds is 3. The van der Waals surface area contributed by atoms with Gasteiger partial charge in [-0.1, -0.05) is 17.7 Å². The van der Waals surface area contributed by atoms with Gasteiger partial charge in [0.1, 0.15) is 11.4 Å². The number of carbonyl (C=O) groups is 1. The Labute approximate surface area is 173 Å². The molecule has 2 heterocycles. The standard InChI is InChI=1S/C21H21ClN4O3/c1-13-9-14(2)16-12-18(23-17(16)10-13)21(27)25-7-5-24(6-8-25)19-4-3-15(22)11-20(19)26(28)29/h3-4,9-12,23H,5-8H2,1-2H3. The first-order valence-corrected chi connectivity index (χ1v) is 9.79. The van der Waals surface area contributed by atoms with Crippen LogP contribution in [0.1, 0.15) is 21.6 Å². The molecule has 1 amide bonds. The van der Waals surface area contributed by atoms with Crippen molar-refractivity contribution in [2.45, 2.75) is 13.8 Å². The number of nitro groups is 1. The maximum absolute atomic E-state index is 13.0. The molecule has 1 aromatic heterocycles. The molecule has 0 atom stereocenters. The van der Waals surface area contributed by atoms with E-state index in [0.717, 1.165) is 22.0 Å². The number of fused-ring (bicyclic) bond motifs is 1. The van der Waals surface area contributed by atoms with Gasteiger partial charge in [0.05, 0.1) is 4.92 Å². The third-order valence-corrected chi connectivity index (χ3v) is 5.60. The fourth-order valence-corrected chi connectivity index (χ4v) is 4.11. The van der Waals surface area contributed by atoms with Gasteiger partial charge in [0.2, 0.25) is 0 Å². The molecule has 1 saturated heterocycles. The molecule has 4 rings (SSSR count). The van der Waals surface area contributed by atoms with Gasteiger partial charge in [-0.2, -0.15) is 0 Å². The SMILES string of the molecule is Cc1cc(C)c2cc(C(=O)N3CCN(c4ccc(Cl)cc4[N+](=O)[O-])CC3)[nH]c2c1. The lowest BCUT2D eigenvalue weighted by atomic mass is 10.1. The zero-order chi connectivity index (χ0) is 20.7. The summed E-state index contributed by atoms with van der Waals surface area (Å²) < 4.78 is 0. The molecule has 0 spiro atoms. The number of anilines is 1. The van der Waals surface area contributed by atoms with E-state index in [1.807, 2.05) is 30.9 Å². The van der Waals surface area contributed by atoms with E-state index >= 15 is 0 Å². The number of halogens is 1. The van der Waals surface area contributed by atoms with Crippen LogP contribution in [0.4, 0.5) is 11.4 Å². The van der Waals surface area contributed by atoms with Crippen molar-refractivity contribution < 1.29 is 9.72 Å². The Morgan fingerprint density at radius 1 is 1.10 bits per heavy atom. The summed E-state index contributed by atoms with van der Waals surface area (Å²) in [5.41, 5.74) is 4.33. The smallest absolute Gasteiger partial charge is 0.294 e. The quantitative estimate of drug-likeness (QED) is 0.513. The highest BCUT2D eigenvalue weighted by Crippen LogP contribution is 2.32. The summed E-state index contributed by atoms with van der Waals surface area (Å²) in [6.45, 7) is 6.09. The van der Waals surface area contributed by atoms with Crippen LogP contribution in [0.5, 0.6) is 0 Å². The van der Waals surface area contributed by atoms with Crippen LogP contribution in [0.25, 0.3) is 10.9 Å². The number of nitrogens with zero attached hydrogens (tertiary/aromatic N) is 3. The maximum Gasteiger partial charge on any atom is 0.294 e. The molecule has 3 aromatic rings. The Balaban J connectivity index is 1.51. The topological polar surface area (TPSA) is 82.5 Å². The molecule has 0 aliphatic carbocycles. The Kier molecular flexibility index (Phi) is 4.92. The Morgan fingerprint density at radius 2 is 1.83 bits per heavy atom. The summed E-state index contributed by atoms with van der Waals surface area (Å²) in [6.07, 6.45) is 0. The predicted octanol–water partition coefficient (Wildman–Crippen LogP) is 4.31. The summed E-state index contributed by atoms with van der Waals surface area (Å²) in [4.78, 5) is 30.9. The van der Waals surface area contributed by atoms with Crippen molar-refractivity contribution in [3.8, 4) is 0 Å². The summed E-state index contributed by atoms with van der Waals surface area (Å²) in [6, 6.07) is 10.7. The van der Waals surface area contributed by atoms with E-state index in [-0.39, 0.29) is 11.6 Å². The molecular weight excluding hydrogens is 392 g/mol. The minimum atomic E-state index is -0.423. The van der Waals surface area contributed by atoms with Crippen LogP contribution in [-0.4, -0.2) is 46.9 Å². The van der Waals surface area contributed by atoms with Gasteiger partial charge in [-0.25, -0.2) is 0 Å². The van der Waals surface area contributed by atoms with E-state index in [0.29, 0.717) is 42.6 Å². The maximum atomic E-state index is 13.0. The number of amides is 1. The van der Waals surface area contributed by atoms with Crippen molar-refractivity contribution in [2.75, 3.05) is 31.1 Å². The lowest BCUT2D eigenvalue weighted by molar-refractivity contribution is -0.384. The van der Waals surface area contributed by atoms with Crippen molar-refractivity contribution in [1.29, 1.82) is 0 Å². The van der Waals surface area contributed by atoms with Gasteiger partial charge in [0.25, 0.3) is 11.6 Å². The van der Waals surface area contributed by atoms with Crippen molar-refractivity contribution in [3.05, 3.63) is 68.4 Å². The molecule has 1 aliphatic rings. The van der Waals surface area contributed by atoms with Gasteiger partial charge in [-0.15, -0.1) is 0 Å². The molecule has 1 aliphatic heterocycles. The van der Waals surface area contributed by atoms with Crippen LogP contribution in [0, 0.1) is 24.0 Å². The first-order chi connectivity index (χ1) is 13.8. The molecule has 29 heavy (non-hydrogen) atoms. The zero-order valence-electron chi connectivity index (χ0n) is 16.2. The lowest BCUT2D eigenvalue weighted by Crippen LogP contribution is -2.49. The van der Waals surface area contributed by atoms with Crippen molar-refractivity contribution in [2.24, 2.45) is 0 Å². The van der Waals surface area contributed by atoms with Gasteiger partial charge in [-0.05, 0) is 49.2 Å². The molecule has 150 valence electrons. The first kappa shape index (κ1) is 19.3. The third-order valence-electron chi connectivity index (χ3n) is 5.36. The Hall–Kier alpha value is -3.06. The number of hydrogen-bond acceptors (Lipinski definition) is 4. The third kappa shape index (κ3) is 3.65. The number of nitrogens with one attached hydrogen (secondary N) is 1. The van der Waals surface area contributed by atoms with E-state index in [1.165, 1.54) is 6.07 Å². The van der Waals surface area contributed by atoms with Gasteiger partial charge < -0.3 is 14.8 Å². The number of aromatic nitrogens is 1. The number of benzene rings is 2. The molecule has 8 heteroatoms. The van der Waals surface area contributed by atoms with Gasteiger partial charge in [0, 0.05) is 48.2 Å². The average Bonchev–Trinajstić information content (AvgIpc) is 3.12. The Bertz CT molecular complexity index is 1120. The van der Waals surface area contributed by atoms with E-state index < -0.39 is 4.92 Å². The minimum Gasteiger partial charge on any atom is -0.362 e. The molecule has 1 fully saturated rings. The molecule has 1 N–H and O–H groups in total. The zero-order valence-corrected chi connectivity index (χ0v) is 17.0. The highest BCUT2D eigenvalue weighted by atomic mass is 35.5. The van der Waals surface area contributed by atoms with Crippen molar-refractivity contribution >= 4 is 39.8 Å². The summed E-state index contributed by atoms with van der Waals surface area (Å²) in [5, 5.41) is 12.7. The number of nitro benzene ring substituents is 1. The van der Waals surface area contributed by atoms with E-state index in [9.17, 15) is 14.9 Å². The number of H-pyrrole nitrogens is 1. The highest BCUT2D eigenvalue weighted by molar-refractivity contribution is 6.30. The molecule has 0 bridgehead atoms. The summed E-state index contributed by atoms with van der Waals surface area (Å²) >= 11 is 5.91. The van der Waals surface area contributed by atoms with E-state index in [4.69, 9.17) is 11.6 Å². The fraction of sp³-hybridized carbons (Fsp3) is 0.286. The predicted molar refractivity (Wildman–Crippen MR) is 114 cm³/mol. The number of hydrogen-bond donors (Lipinski definition) is 1. The summed E-state index contributed by atoms with van der Waals surface area (Å²) in [5.74, 6) is -0.0523. The number of carbonyl (C=O) groups excluding carboxylic acids is 1. The molecule has 0 saturated carbocycles. The second-order valence-corrected chi connectivity index (χ2v) is 7.83. The van der Waals surface area contributed by atoms with Gasteiger partial charge in [0.15, 0.2) is 0 Å². The summed E-state index contributed by atoms with van der Waals surface area (Å²) in [7, 11) is 0. The molecule has 0 radical (unpaired) electrons. The lowest BCUT2D eigenvalue weighted by Gasteiger charge is -2.35. The van der Waals surface area contributed by atoms with Gasteiger partial charge >= 0.3 is 0 Å². The number of aromatic amines is 1. The first-order valence-electron chi connectivity index (χ1n) is 9.41. The minimum absolute atomic E-state index is 0.0151. The highest BCUT2D eigenvalue weighted by Gasteiger charge is 2.27. The van der Waals surface area contributed by atoms with Crippen LogP contribution in [0.3, 0.4) is 0 Å². The van der Waals surface area contributed by atoms with Crippen LogP contribution in [0.2, 0.25) is 5.02 Å². The molecule has 2 aromatic carbocycles.